The van der Waals surface area contributed by atoms with Crippen molar-refractivity contribution in [1.29, 1.82) is 0 Å². The molecule has 1 aromatic heterocycles. The van der Waals surface area contributed by atoms with Gasteiger partial charge in [0.1, 0.15) is 5.75 Å². The van der Waals surface area contributed by atoms with Gasteiger partial charge in [0.25, 0.3) is 5.78 Å². The Morgan fingerprint density at radius 3 is 2.37 bits per heavy atom. The Balaban J connectivity index is 1.86. The number of ether oxygens (including phenoxy) is 1. The summed E-state index contributed by atoms with van der Waals surface area (Å²) in [5.41, 5.74) is 1.64. The summed E-state index contributed by atoms with van der Waals surface area (Å²) < 4.78 is 11.2. The number of benzene rings is 2. The van der Waals surface area contributed by atoms with Gasteiger partial charge in [0, 0.05) is 31.9 Å². The lowest BCUT2D eigenvalue weighted by atomic mass is 10.1. The van der Waals surface area contributed by atoms with Crippen LogP contribution < -0.4 is 19.9 Å². The number of H-pyrrole nitrogens is 1. The van der Waals surface area contributed by atoms with E-state index in [4.69, 9.17) is 9.26 Å². The van der Waals surface area contributed by atoms with Gasteiger partial charge in [-0.3, -0.25) is 9.32 Å². The average Bonchev–Trinajstić information content (AvgIpc) is 3.08. The van der Waals surface area contributed by atoms with Crippen LogP contribution in [0.5, 0.6) is 5.75 Å². The smallest absolute Gasteiger partial charge is 0.439 e. The molecule has 1 heterocycles. The van der Waals surface area contributed by atoms with Crippen molar-refractivity contribution < 1.29 is 18.7 Å². The van der Waals surface area contributed by atoms with Gasteiger partial charge < -0.3 is 9.64 Å². The molecule has 0 spiro atoms. The number of nitrogens with one attached hydrogen (secondary N) is 1. The fraction of sp³-hybridized carbons (Fsp3) is 0.150. The van der Waals surface area contributed by atoms with Crippen LogP contribution in [0.1, 0.15) is 16.1 Å². The first-order valence-electron chi connectivity index (χ1n) is 8.27. The molecule has 0 saturated heterocycles. The first-order valence-corrected chi connectivity index (χ1v) is 8.27. The zero-order valence-electron chi connectivity index (χ0n) is 15.3. The topological polar surface area (TPSA) is 79.4 Å². The number of carbonyl (C=O) groups is 1. The zero-order valence-corrected chi connectivity index (χ0v) is 15.3. The van der Waals surface area contributed by atoms with E-state index in [1.54, 1.807) is 37.5 Å². The Bertz CT molecular complexity index is 1010. The summed E-state index contributed by atoms with van der Waals surface area (Å²) >= 11 is 0. The summed E-state index contributed by atoms with van der Waals surface area (Å²) in [6, 6.07) is 14.6. The second kappa shape index (κ2) is 7.74. The van der Waals surface area contributed by atoms with Gasteiger partial charge in [-0.1, -0.05) is 18.2 Å². The second-order valence-electron chi connectivity index (χ2n) is 6.05. The number of carbonyl (C=O) groups excluding carboxylic acids is 1. The number of nitrogens with zero attached hydrogens (tertiary/aromatic N) is 2. The number of aromatic amines is 1. The number of hydrogen-bond acceptors (Lipinski definition) is 5. The molecule has 7 nitrogen and oxygen atoms in total. The van der Waals surface area contributed by atoms with E-state index in [9.17, 15) is 9.59 Å². The highest BCUT2D eigenvalue weighted by molar-refractivity contribution is 6.04. The molecule has 0 atom stereocenters. The standard InChI is InChI=1S/C20H19N3O4/c1-22(2)15-7-4-14(5-8-15)6-13-18(24)19-20(25)27-21-23(19)16-9-11-17(26-3)12-10-16/h4-13H,1-3H3/p+1/b13-6+. The summed E-state index contributed by atoms with van der Waals surface area (Å²) in [5.74, 6) is 0.205. The maximum atomic E-state index is 12.6. The monoisotopic (exact) mass is 366 g/mol. The maximum Gasteiger partial charge on any atom is 0.439 e. The van der Waals surface area contributed by atoms with Crippen LogP contribution in [-0.4, -0.2) is 32.3 Å². The summed E-state index contributed by atoms with van der Waals surface area (Å²) in [6.07, 6.45) is 3.01. The Hall–Kier alpha value is -3.61. The molecule has 0 amide bonds. The number of rotatable bonds is 6. The van der Waals surface area contributed by atoms with Gasteiger partial charge in [-0.25, -0.2) is 4.79 Å². The molecule has 0 aliphatic heterocycles. The van der Waals surface area contributed by atoms with Crippen molar-refractivity contribution in [2.75, 3.05) is 26.1 Å². The van der Waals surface area contributed by atoms with Crippen LogP contribution in [0.3, 0.4) is 0 Å². The second-order valence-corrected chi connectivity index (χ2v) is 6.05. The molecule has 0 aliphatic carbocycles. The van der Waals surface area contributed by atoms with E-state index in [2.05, 4.69) is 5.27 Å². The molecule has 1 N–H and O–H groups in total. The number of methoxy groups -OCH3 is 1. The molecule has 138 valence electrons. The predicted molar refractivity (Wildman–Crippen MR) is 102 cm³/mol. The van der Waals surface area contributed by atoms with Crippen molar-refractivity contribution >= 4 is 17.5 Å². The van der Waals surface area contributed by atoms with Crippen LogP contribution in [0.2, 0.25) is 0 Å². The molecule has 0 saturated carbocycles. The highest BCUT2D eigenvalue weighted by Crippen LogP contribution is 2.14. The number of ketones is 1. The maximum absolute atomic E-state index is 12.6. The lowest BCUT2D eigenvalue weighted by Gasteiger charge is -2.11. The lowest BCUT2D eigenvalue weighted by molar-refractivity contribution is -0.672. The van der Waals surface area contributed by atoms with Crippen molar-refractivity contribution in [3.8, 4) is 11.4 Å². The van der Waals surface area contributed by atoms with Crippen molar-refractivity contribution in [3.05, 3.63) is 76.3 Å². The van der Waals surface area contributed by atoms with Crippen LogP contribution >= 0.6 is 0 Å². The molecule has 0 fully saturated rings. The van der Waals surface area contributed by atoms with E-state index in [1.165, 1.54) is 10.8 Å². The van der Waals surface area contributed by atoms with Crippen molar-refractivity contribution in [2.45, 2.75) is 0 Å². The third-order valence-corrected chi connectivity index (χ3v) is 4.05. The number of hydrogen-bond donors (Lipinski definition) is 1. The zero-order chi connectivity index (χ0) is 19.4. The summed E-state index contributed by atoms with van der Waals surface area (Å²) in [5, 5.41) is 2.45. The van der Waals surface area contributed by atoms with E-state index in [1.807, 2.05) is 43.3 Å². The van der Waals surface area contributed by atoms with Crippen molar-refractivity contribution in [2.24, 2.45) is 0 Å². The predicted octanol–water partition coefficient (Wildman–Crippen LogP) is 2.22. The molecule has 27 heavy (non-hydrogen) atoms. The van der Waals surface area contributed by atoms with E-state index in [-0.39, 0.29) is 5.69 Å². The SMILES string of the molecule is COc1ccc(-[n+]2[nH]oc(=O)c2C(=O)/C=C/c2ccc(N(C)C)cc2)cc1. The Morgan fingerprint density at radius 1 is 1.11 bits per heavy atom. The van der Waals surface area contributed by atoms with E-state index in [0.717, 1.165) is 11.3 Å². The van der Waals surface area contributed by atoms with Crippen LogP contribution in [0, 0.1) is 0 Å². The fourth-order valence-electron chi connectivity index (χ4n) is 2.53. The van der Waals surface area contributed by atoms with Gasteiger partial charge in [0.15, 0.2) is 0 Å². The van der Waals surface area contributed by atoms with Crippen molar-refractivity contribution in [1.82, 2.24) is 5.27 Å². The van der Waals surface area contributed by atoms with Crippen LogP contribution in [0.4, 0.5) is 5.69 Å². The number of anilines is 1. The lowest BCUT2D eigenvalue weighted by Crippen LogP contribution is -2.40. The van der Waals surface area contributed by atoms with Gasteiger partial charge in [-0.05, 0) is 45.9 Å². The van der Waals surface area contributed by atoms with Gasteiger partial charge >= 0.3 is 11.3 Å². The first-order chi connectivity index (χ1) is 13.0. The molecule has 3 rings (SSSR count). The summed E-state index contributed by atoms with van der Waals surface area (Å²) in [4.78, 5) is 26.6. The van der Waals surface area contributed by atoms with E-state index < -0.39 is 11.4 Å². The molecular weight excluding hydrogens is 346 g/mol. The third-order valence-electron chi connectivity index (χ3n) is 4.05. The largest absolute Gasteiger partial charge is 0.497 e. The third kappa shape index (κ3) is 3.98. The van der Waals surface area contributed by atoms with Crippen LogP contribution in [0.25, 0.3) is 11.8 Å². The number of aromatic nitrogens is 2. The average molecular weight is 366 g/mol. The van der Waals surface area contributed by atoms with Crippen molar-refractivity contribution in [3.63, 3.8) is 0 Å². The Labute approximate surface area is 156 Å². The molecule has 0 radical (unpaired) electrons. The minimum Gasteiger partial charge on any atom is -0.497 e. The molecule has 0 bridgehead atoms. The Kier molecular flexibility index (Phi) is 5.21. The molecule has 2 aromatic carbocycles. The highest BCUT2D eigenvalue weighted by Gasteiger charge is 2.28. The summed E-state index contributed by atoms with van der Waals surface area (Å²) in [7, 11) is 5.47. The molecule has 7 heteroatoms. The fourth-order valence-corrected chi connectivity index (χ4v) is 2.53. The van der Waals surface area contributed by atoms with Gasteiger partial charge in [-0.2, -0.15) is 0 Å². The summed E-state index contributed by atoms with van der Waals surface area (Å²) in [6.45, 7) is 0. The Morgan fingerprint density at radius 2 is 1.78 bits per heavy atom. The minimum absolute atomic E-state index is 0.110. The normalized spacial score (nSPS) is 10.9. The molecular formula is C20H20N3O4+. The number of allylic oxidation sites excluding steroid dienone is 1. The van der Waals surface area contributed by atoms with Gasteiger partial charge in [0.2, 0.25) is 5.69 Å². The quantitative estimate of drug-likeness (QED) is 0.411. The van der Waals surface area contributed by atoms with Crippen LogP contribution in [0.15, 0.2) is 63.9 Å². The molecule has 0 unspecified atom stereocenters. The van der Waals surface area contributed by atoms with Gasteiger partial charge in [0.05, 0.1) is 7.11 Å². The van der Waals surface area contributed by atoms with E-state index in [0.29, 0.717) is 11.4 Å². The van der Waals surface area contributed by atoms with Gasteiger partial charge in [-0.15, -0.1) is 0 Å². The minimum atomic E-state index is -0.733. The van der Waals surface area contributed by atoms with E-state index >= 15 is 0 Å². The molecule has 3 aromatic rings. The first kappa shape index (κ1) is 18.2. The van der Waals surface area contributed by atoms with Crippen LogP contribution in [-0.2, 0) is 0 Å². The highest BCUT2D eigenvalue weighted by atomic mass is 16.5. The molecule has 0 aliphatic rings.